The molecule has 51 heavy (non-hydrogen) atoms. The summed E-state index contributed by atoms with van der Waals surface area (Å²) in [6, 6.07) is 5.93. The van der Waals surface area contributed by atoms with Gasteiger partial charge in [-0.15, -0.1) is 11.3 Å². The number of fused-ring (bicyclic) bond motifs is 3. The lowest BCUT2D eigenvalue weighted by Gasteiger charge is -2.26. The van der Waals surface area contributed by atoms with E-state index in [0.29, 0.717) is 43.7 Å². The van der Waals surface area contributed by atoms with E-state index in [9.17, 15) is 22.8 Å². The fourth-order valence-electron chi connectivity index (χ4n) is 7.32. The molecule has 0 saturated heterocycles. The van der Waals surface area contributed by atoms with E-state index in [2.05, 4.69) is 51.9 Å². The first kappa shape index (κ1) is 36.3. The van der Waals surface area contributed by atoms with Gasteiger partial charge in [0.15, 0.2) is 0 Å². The number of thiazole rings is 1. The van der Waals surface area contributed by atoms with Crippen LogP contribution in [0.25, 0.3) is 21.6 Å². The average Bonchev–Trinajstić information content (AvgIpc) is 3.96. The van der Waals surface area contributed by atoms with Crippen LogP contribution in [0.5, 0.6) is 5.75 Å². The minimum absolute atomic E-state index is 0.134. The molecule has 11 nitrogen and oxygen atoms in total. The number of carbonyl (C=O) groups excluding carboxylic acids is 3. The topological polar surface area (TPSA) is 148 Å². The van der Waals surface area contributed by atoms with Crippen LogP contribution in [0.15, 0.2) is 35.7 Å². The number of rotatable bonds is 7. The number of carbonyl (C=O) groups is 3. The molecule has 3 aromatic rings. The number of nitrogens with one attached hydrogen (secondary N) is 2. The van der Waals surface area contributed by atoms with Gasteiger partial charge >= 0.3 is 0 Å². The van der Waals surface area contributed by atoms with E-state index in [1.807, 2.05) is 37.3 Å². The molecule has 3 saturated carbocycles. The van der Waals surface area contributed by atoms with Crippen LogP contribution in [0.2, 0.25) is 0 Å². The van der Waals surface area contributed by atoms with Crippen molar-refractivity contribution < 1.29 is 27.5 Å². The summed E-state index contributed by atoms with van der Waals surface area (Å²) in [5, 5.41) is 6.08. The summed E-state index contributed by atoms with van der Waals surface area (Å²) in [4.78, 5) is 53.5. The molecule has 0 bridgehead atoms. The van der Waals surface area contributed by atoms with Gasteiger partial charge in [0.05, 0.1) is 28.3 Å². The Morgan fingerprint density at radius 2 is 1.92 bits per heavy atom. The van der Waals surface area contributed by atoms with Crippen LogP contribution in [-0.2, 0) is 24.4 Å². The standard InChI is InChI=1S/C37H44IN5O6S2/c1-20(2)30-19-50-34(40-30)29-17-31(25-12-13-28(38)21(3)32(25)39-29)49-23-15-26-27(16-23)35(45)43(4)14-8-6-5-7-9-22-18-37(22,41-33(26)44)36(46)42-51(47,48)24-10-11-24/h7,9,12-13,17,19-20,22-24,26-27H,5-6,8,10-11,14-16,18H2,1-4H3,(H,41,44)(H,42,46)/b9-7-/t22-,23-,26-,27-,37-/m1/s1. The number of allylic oxidation sites excluding steroid dienone is 1. The van der Waals surface area contributed by atoms with Crippen LogP contribution in [0, 0.1) is 28.2 Å². The molecule has 0 radical (unpaired) electrons. The second-order valence-corrected chi connectivity index (χ2v) is 18.8. The van der Waals surface area contributed by atoms with Crippen LogP contribution < -0.4 is 14.8 Å². The molecule has 4 aliphatic rings. The summed E-state index contributed by atoms with van der Waals surface area (Å²) in [7, 11) is -2.05. The van der Waals surface area contributed by atoms with Gasteiger partial charge in [-0.2, -0.15) is 0 Å². The van der Waals surface area contributed by atoms with Crippen LogP contribution in [0.1, 0.15) is 82.4 Å². The number of benzene rings is 1. The quantitative estimate of drug-likeness (QED) is 0.223. The highest BCUT2D eigenvalue weighted by Gasteiger charge is 2.62. The average molecular weight is 846 g/mol. The number of amides is 3. The SMILES string of the molecule is Cc1c(I)ccc2c(O[C@@H]3C[C@H]4C(=O)N[C@]5(C(=O)NS(=O)(=O)C6CC6)C[C@H]5/C=C\CCCCN(C)C(=O)[C@@H]4C3)cc(-c3nc(C(C)C)cs3)nc12. The molecule has 5 atom stereocenters. The Hall–Kier alpha value is -3.11. The predicted octanol–water partition coefficient (Wildman–Crippen LogP) is 5.85. The van der Waals surface area contributed by atoms with E-state index >= 15 is 0 Å². The van der Waals surface area contributed by atoms with Gasteiger partial charge in [0.1, 0.15) is 28.1 Å². The minimum Gasteiger partial charge on any atom is -0.490 e. The third-order valence-electron chi connectivity index (χ3n) is 10.8. The summed E-state index contributed by atoms with van der Waals surface area (Å²) in [6.07, 6.45) is 7.74. The number of pyridine rings is 1. The lowest BCUT2D eigenvalue weighted by Crippen LogP contribution is -2.54. The molecule has 3 fully saturated rings. The lowest BCUT2D eigenvalue weighted by atomic mass is 9.93. The number of nitrogens with zero attached hydrogens (tertiary/aromatic N) is 3. The maximum Gasteiger partial charge on any atom is 0.259 e. The number of aryl methyl sites for hydroxylation is 1. The summed E-state index contributed by atoms with van der Waals surface area (Å²) in [6.45, 7) is 6.81. The van der Waals surface area contributed by atoms with Crippen LogP contribution in [-0.4, -0.2) is 71.5 Å². The van der Waals surface area contributed by atoms with Crippen molar-refractivity contribution in [3.05, 3.63) is 50.6 Å². The summed E-state index contributed by atoms with van der Waals surface area (Å²) in [5.74, 6) is -2.17. The van der Waals surface area contributed by atoms with E-state index in [4.69, 9.17) is 14.7 Å². The van der Waals surface area contributed by atoms with Gasteiger partial charge in [-0.05, 0) is 104 Å². The fourth-order valence-corrected chi connectivity index (χ4v) is 10.1. The largest absolute Gasteiger partial charge is 0.490 e. The van der Waals surface area contributed by atoms with Crippen molar-refractivity contribution >= 4 is 72.6 Å². The molecular formula is C37H44IN5O6S2. The smallest absolute Gasteiger partial charge is 0.259 e. The molecule has 3 aliphatic carbocycles. The third-order valence-corrected chi connectivity index (χ3v) is 14.6. The predicted molar refractivity (Wildman–Crippen MR) is 205 cm³/mol. The van der Waals surface area contributed by atoms with Gasteiger partial charge in [0, 0.05) is 39.9 Å². The molecule has 0 spiro atoms. The van der Waals surface area contributed by atoms with Gasteiger partial charge in [-0.3, -0.25) is 19.1 Å². The van der Waals surface area contributed by atoms with Crippen LogP contribution >= 0.6 is 33.9 Å². The zero-order valence-electron chi connectivity index (χ0n) is 29.3. The van der Waals surface area contributed by atoms with Crippen molar-refractivity contribution in [1.29, 1.82) is 0 Å². The van der Waals surface area contributed by atoms with Crippen LogP contribution in [0.4, 0.5) is 0 Å². The molecule has 2 N–H and O–H groups in total. The molecule has 272 valence electrons. The molecular weight excluding hydrogens is 801 g/mol. The zero-order chi connectivity index (χ0) is 36.2. The van der Waals surface area contributed by atoms with E-state index in [1.165, 1.54) is 11.3 Å². The number of sulfonamides is 1. The molecule has 3 amide bonds. The Bertz CT molecular complexity index is 2030. The van der Waals surface area contributed by atoms with Crippen molar-refractivity contribution in [3.8, 4) is 16.5 Å². The molecule has 1 aromatic carbocycles. The summed E-state index contributed by atoms with van der Waals surface area (Å²) in [5.41, 5.74) is 2.14. The highest BCUT2D eigenvalue weighted by atomic mass is 127. The van der Waals surface area contributed by atoms with Crippen molar-refractivity contribution in [1.82, 2.24) is 24.9 Å². The maximum absolute atomic E-state index is 14.3. The van der Waals surface area contributed by atoms with Gasteiger partial charge < -0.3 is 15.0 Å². The maximum atomic E-state index is 14.3. The second kappa shape index (κ2) is 14.0. The molecule has 3 heterocycles. The second-order valence-electron chi connectivity index (χ2n) is 14.9. The Morgan fingerprint density at radius 3 is 2.65 bits per heavy atom. The first-order chi connectivity index (χ1) is 24.3. The van der Waals surface area contributed by atoms with Crippen molar-refractivity contribution in [3.63, 3.8) is 0 Å². The molecule has 0 unspecified atom stereocenters. The number of hydrogen-bond donors (Lipinski definition) is 2. The first-order valence-electron chi connectivity index (χ1n) is 17.8. The van der Waals surface area contributed by atoms with E-state index in [1.54, 1.807) is 11.9 Å². The molecule has 1 aliphatic heterocycles. The van der Waals surface area contributed by atoms with Crippen molar-refractivity contribution in [2.24, 2.45) is 17.8 Å². The molecule has 7 rings (SSSR count). The monoisotopic (exact) mass is 845 g/mol. The summed E-state index contributed by atoms with van der Waals surface area (Å²) < 4.78 is 35.7. The highest BCUT2D eigenvalue weighted by Crippen LogP contribution is 2.47. The first-order valence-corrected chi connectivity index (χ1v) is 21.3. The van der Waals surface area contributed by atoms with Gasteiger partial charge in [0.25, 0.3) is 5.91 Å². The zero-order valence-corrected chi connectivity index (χ0v) is 33.1. The molecule has 14 heteroatoms. The minimum atomic E-state index is -3.82. The van der Waals surface area contributed by atoms with Crippen molar-refractivity contribution in [2.45, 2.75) is 94.9 Å². The summed E-state index contributed by atoms with van der Waals surface area (Å²) >= 11 is 3.84. The van der Waals surface area contributed by atoms with Crippen LogP contribution in [0.3, 0.4) is 0 Å². The number of aromatic nitrogens is 2. The van der Waals surface area contributed by atoms with E-state index in [-0.39, 0.29) is 24.2 Å². The Kier molecular flexibility index (Phi) is 9.98. The van der Waals surface area contributed by atoms with Gasteiger partial charge in [0.2, 0.25) is 21.8 Å². The highest BCUT2D eigenvalue weighted by molar-refractivity contribution is 14.1. The van der Waals surface area contributed by atoms with E-state index in [0.717, 1.165) is 50.0 Å². The molecule has 2 aromatic heterocycles. The normalized spacial score (nSPS) is 27.8. The van der Waals surface area contributed by atoms with Crippen molar-refractivity contribution in [2.75, 3.05) is 13.6 Å². The number of hydrogen-bond acceptors (Lipinski definition) is 9. The third kappa shape index (κ3) is 7.28. The Labute approximate surface area is 316 Å². The number of ether oxygens (including phenoxy) is 1. The van der Waals surface area contributed by atoms with E-state index < -0.39 is 50.6 Å². The lowest BCUT2D eigenvalue weighted by molar-refractivity contribution is -0.140. The fraction of sp³-hybridized carbons (Fsp3) is 0.541. The van der Waals surface area contributed by atoms with Gasteiger partial charge in [-0.1, -0.05) is 26.0 Å². The Morgan fingerprint density at radius 1 is 1.16 bits per heavy atom. The van der Waals surface area contributed by atoms with Gasteiger partial charge in [-0.25, -0.2) is 18.4 Å². The number of halogens is 1. The Balaban J connectivity index is 1.20.